The van der Waals surface area contributed by atoms with E-state index in [0.29, 0.717) is 18.3 Å². The first-order chi connectivity index (χ1) is 4.86. The third kappa shape index (κ3) is 1.71. The van der Waals surface area contributed by atoms with Crippen LogP contribution in [0.3, 0.4) is 0 Å². The molecule has 0 amide bonds. The third-order valence-corrected chi connectivity index (χ3v) is 1.51. The molecule has 0 spiro atoms. The summed E-state index contributed by atoms with van der Waals surface area (Å²) in [5.74, 6) is 2.00. The molecule has 1 aromatic heterocycles. The largest absolute Gasteiger partial charge is 0.338 e. The molecule has 1 heterocycles. The number of hydrogen-bond acceptors (Lipinski definition) is 5. The molecule has 1 aromatic rings. The molecule has 0 aromatic carbocycles. The highest BCUT2D eigenvalue weighted by molar-refractivity contribution is 7.97. The third-order valence-electron chi connectivity index (χ3n) is 0.958. The summed E-state index contributed by atoms with van der Waals surface area (Å²) in [5.41, 5.74) is 5.26. The summed E-state index contributed by atoms with van der Waals surface area (Å²) in [6.45, 7) is 0.321. The van der Waals surface area contributed by atoms with Gasteiger partial charge in [-0.1, -0.05) is 5.16 Å². The summed E-state index contributed by atoms with van der Waals surface area (Å²) in [5, 5.41) is 3.69. The molecule has 1 rings (SSSR count). The Morgan fingerprint density at radius 1 is 1.70 bits per heavy atom. The van der Waals surface area contributed by atoms with Crippen LogP contribution in [0.2, 0.25) is 0 Å². The van der Waals surface area contributed by atoms with Gasteiger partial charge in [0.15, 0.2) is 5.82 Å². The van der Waals surface area contributed by atoms with Gasteiger partial charge >= 0.3 is 0 Å². The van der Waals surface area contributed by atoms with Crippen LogP contribution in [0.15, 0.2) is 4.52 Å². The van der Waals surface area contributed by atoms with E-state index in [1.54, 1.807) is 11.8 Å². The Kier molecular flexibility index (Phi) is 2.70. The molecule has 2 N–H and O–H groups in total. The topological polar surface area (TPSA) is 64.9 Å². The lowest BCUT2D eigenvalue weighted by molar-refractivity contribution is 0.376. The zero-order chi connectivity index (χ0) is 7.40. The van der Waals surface area contributed by atoms with Crippen molar-refractivity contribution in [2.45, 2.75) is 12.3 Å². The molecule has 0 bridgehead atoms. The molecule has 0 unspecified atom stereocenters. The lowest BCUT2D eigenvalue weighted by atomic mass is 10.6. The van der Waals surface area contributed by atoms with Gasteiger partial charge in [0.2, 0.25) is 5.89 Å². The van der Waals surface area contributed by atoms with Gasteiger partial charge in [-0.15, -0.1) is 0 Å². The fourth-order valence-electron chi connectivity index (χ4n) is 0.561. The van der Waals surface area contributed by atoms with Gasteiger partial charge in [0.05, 0.1) is 12.3 Å². The lowest BCUT2D eigenvalue weighted by Crippen LogP contribution is -1.96. The minimum atomic E-state index is 0.321. The van der Waals surface area contributed by atoms with Crippen LogP contribution in [-0.4, -0.2) is 16.4 Å². The average molecular weight is 159 g/mol. The Bertz CT molecular complexity index is 201. The van der Waals surface area contributed by atoms with Gasteiger partial charge in [-0.25, -0.2) is 0 Å². The van der Waals surface area contributed by atoms with E-state index in [2.05, 4.69) is 10.1 Å². The SMILES string of the molecule is CSCc1noc(CN)n1. The maximum Gasteiger partial charge on any atom is 0.240 e. The number of nitrogens with two attached hydrogens (primary N) is 1. The Morgan fingerprint density at radius 3 is 3.00 bits per heavy atom. The van der Waals surface area contributed by atoms with Gasteiger partial charge in [0.25, 0.3) is 0 Å². The Morgan fingerprint density at radius 2 is 2.50 bits per heavy atom. The molecule has 56 valence electrons. The Hall–Kier alpha value is -0.550. The van der Waals surface area contributed by atoms with Crippen molar-refractivity contribution in [3.8, 4) is 0 Å². The molecular formula is C5H9N3OS. The molecule has 0 saturated heterocycles. The molecule has 0 aliphatic rings. The molecule has 0 radical (unpaired) electrons. The molecule has 0 aliphatic carbocycles. The van der Waals surface area contributed by atoms with Gasteiger partial charge in [-0.3, -0.25) is 0 Å². The van der Waals surface area contributed by atoms with E-state index in [1.165, 1.54) is 0 Å². The van der Waals surface area contributed by atoms with Crippen LogP contribution in [0.5, 0.6) is 0 Å². The fraction of sp³-hybridized carbons (Fsp3) is 0.600. The molecular weight excluding hydrogens is 150 g/mol. The second-order valence-corrected chi connectivity index (χ2v) is 2.61. The maximum atomic E-state index is 5.26. The van der Waals surface area contributed by atoms with Crippen LogP contribution >= 0.6 is 11.8 Å². The van der Waals surface area contributed by atoms with Crippen molar-refractivity contribution >= 4 is 11.8 Å². The zero-order valence-corrected chi connectivity index (χ0v) is 6.52. The van der Waals surface area contributed by atoms with E-state index in [4.69, 9.17) is 10.3 Å². The molecule has 5 heteroatoms. The first kappa shape index (κ1) is 7.56. The van der Waals surface area contributed by atoms with Gasteiger partial charge in [0.1, 0.15) is 0 Å². The number of rotatable bonds is 3. The van der Waals surface area contributed by atoms with E-state index in [-0.39, 0.29) is 0 Å². The second-order valence-electron chi connectivity index (χ2n) is 1.74. The van der Waals surface area contributed by atoms with Crippen LogP contribution in [0.1, 0.15) is 11.7 Å². The minimum Gasteiger partial charge on any atom is -0.338 e. The van der Waals surface area contributed by atoms with Crippen LogP contribution in [0.4, 0.5) is 0 Å². The van der Waals surface area contributed by atoms with Crippen molar-refractivity contribution < 1.29 is 4.52 Å². The molecule has 0 saturated carbocycles. The molecule has 0 atom stereocenters. The average Bonchev–Trinajstić information content (AvgIpc) is 2.37. The zero-order valence-electron chi connectivity index (χ0n) is 5.70. The highest BCUT2D eigenvalue weighted by Gasteiger charge is 2.01. The minimum absolute atomic E-state index is 0.321. The van der Waals surface area contributed by atoms with Gasteiger partial charge in [0, 0.05) is 0 Å². The summed E-state index contributed by atoms with van der Waals surface area (Å²) >= 11 is 1.65. The molecule has 0 fully saturated rings. The monoisotopic (exact) mass is 159 g/mol. The Labute approximate surface area is 63.2 Å². The predicted molar refractivity (Wildman–Crippen MR) is 39.4 cm³/mol. The molecule has 4 nitrogen and oxygen atoms in total. The van der Waals surface area contributed by atoms with Crippen molar-refractivity contribution in [1.82, 2.24) is 10.1 Å². The standard InChI is InChI=1S/C5H9N3OS/c1-10-3-4-7-5(2-6)9-8-4/h2-3,6H2,1H3. The Balaban J connectivity index is 2.59. The lowest BCUT2D eigenvalue weighted by Gasteiger charge is -1.82. The van der Waals surface area contributed by atoms with Crippen LogP contribution < -0.4 is 5.73 Å². The van der Waals surface area contributed by atoms with E-state index in [1.807, 2.05) is 6.26 Å². The van der Waals surface area contributed by atoms with Crippen LogP contribution in [0, 0.1) is 0 Å². The number of aromatic nitrogens is 2. The first-order valence-electron chi connectivity index (χ1n) is 2.87. The van der Waals surface area contributed by atoms with E-state index in [0.717, 1.165) is 5.75 Å². The first-order valence-corrected chi connectivity index (χ1v) is 4.26. The highest BCUT2D eigenvalue weighted by Crippen LogP contribution is 2.04. The summed E-state index contributed by atoms with van der Waals surface area (Å²) in [6, 6.07) is 0. The predicted octanol–water partition coefficient (Wildman–Crippen LogP) is 0.391. The van der Waals surface area contributed by atoms with Gasteiger partial charge in [-0.05, 0) is 6.26 Å². The fourth-order valence-corrected chi connectivity index (χ4v) is 0.936. The normalized spacial score (nSPS) is 10.2. The van der Waals surface area contributed by atoms with Crippen LogP contribution in [0.25, 0.3) is 0 Å². The number of hydrogen-bond donors (Lipinski definition) is 1. The second kappa shape index (κ2) is 3.58. The van der Waals surface area contributed by atoms with Gasteiger partial charge in [-0.2, -0.15) is 16.7 Å². The summed E-state index contributed by atoms with van der Waals surface area (Å²) in [4.78, 5) is 3.99. The summed E-state index contributed by atoms with van der Waals surface area (Å²) in [7, 11) is 0. The van der Waals surface area contributed by atoms with Crippen molar-refractivity contribution in [3.05, 3.63) is 11.7 Å². The summed E-state index contributed by atoms with van der Waals surface area (Å²) < 4.78 is 4.77. The van der Waals surface area contributed by atoms with Crippen molar-refractivity contribution in [2.75, 3.05) is 6.26 Å². The number of thioether (sulfide) groups is 1. The van der Waals surface area contributed by atoms with Crippen molar-refractivity contribution in [1.29, 1.82) is 0 Å². The molecule has 10 heavy (non-hydrogen) atoms. The van der Waals surface area contributed by atoms with Crippen molar-refractivity contribution in [2.24, 2.45) is 5.73 Å². The molecule has 0 aliphatic heterocycles. The van der Waals surface area contributed by atoms with E-state index < -0.39 is 0 Å². The maximum absolute atomic E-state index is 5.26. The highest BCUT2D eigenvalue weighted by atomic mass is 32.2. The quantitative estimate of drug-likeness (QED) is 0.691. The number of nitrogens with zero attached hydrogens (tertiary/aromatic N) is 2. The van der Waals surface area contributed by atoms with E-state index >= 15 is 0 Å². The van der Waals surface area contributed by atoms with Crippen molar-refractivity contribution in [3.63, 3.8) is 0 Å². The van der Waals surface area contributed by atoms with E-state index in [9.17, 15) is 0 Å². The summed E-state index contributed by atoms with van der Waals surface area (Å²) in [6.07, 6.45) is 1.98. The smallest absolute Gasteiger partial charge is 0.240 e. The van der Waals surface area contributed by atoms with Crippen LogP contribution in [-0.2, 0) is 12.3 Å². The van der Waals surface area contributed by atoms with Gasteiger partial charge < -0.3 is 10.3 Å².